The fraction of sp³-hybridized carbons (Fsp3) is 0.767. The van der Waals surface area contributed by atoms with E-state index >= 15 is 0 Å². The van der Waals surface area contributed by atoms with E-state index in [2.05, 4.69) is 27.7 Å². The zero-order valence-corrected chi connectivity index (χ0v) is 33.1. The molecule has 0 radical (unpaired) electrons. The van der Waals surface area contributed by atoms with E-state index in [1.165, 1.54) is 20.8 Å². The quantitative estimate of drug-likeness (QED) is 0.216. The molecule has 1 N–H and O–H groups in total. The van der Waals surface area contributed by atoms with Gasteiger partial charge >= 0.3 is 23.9 Å². The van der Waals surface area contributed by atoms with E-state index in [4.69, 9.17) is 23.7 Å². The molecule has 0 bridgehead atoms. The van der Waals surface area contributed by atoms with Crippen LogP contribution in [0.3, 0.4) is 0 Å². The summed E-state index contributed by atoms with van der Waals surface area (Å²) in [6.45, 7) is 16.8. The van der Waals surface area contributed by atoms with Crippen molar-refractivity contribution in [2.45, 2.75) is 156 Å². The Balaban J connectivity index is 1.20. The average molecular weight is 737 g/mol. The summed E-state index contributed by atoms with van der Waals surface area (Å²) in [6, 6.07) is 9.18. The van der Waals surface area contributed by atoms with E-state index in [1.807, 2.05) is 18.2 Å². The molecule has 1 aromatic rings. The Labute approximate surface area is 314 Å². The maximum Gasteiger partial charge on any atom is 0.338 e. The Morgan fingerprint density at radius 2 is 1.49 bits per heavy atom. The number of aliphatic hydroxyl groups is 1. The standard InChI is InChI=1S/C43H60O10/c1-24(44)49-34-22-32-38(4,5)33(53-36(47)27-13-11-10-12-14-27)17-18-40(32,8)31-16-19-42-23-43(42,41(31,34)9)20-15-29(42)28-21-30(52-37(28)51-26(3)46)35(39(6,7)48)50-25(2)45/h10-14,28-35,37,48H,15-23H2,1-9H3. The minimum absolute atomic E-state index is 0.0369. The van der Waals surface area contributed by atoms with Crippen molar-refractivity contribution in [3.05, 3.63) is 35.9 Å². The average Bonchev–Trinajstić information content (AvgIpc) is 3.41. The lowest BCUT2D eigenvalue weighted by Gasteiger charge is -2.68. The third-order valence-electron chi connectivity index (χ3n) is 15.9. The Morgan fingerprint density at radius 1 is 0.811 bits per heavy atom. The molecule has 6 fully saturated rings. The van der Waals surface area contributed by atoms with E-state index in [-0.39, 0.29) is 74.9 Å². The van der Waals surface area contributed by atoms with Gasteiger partial charge in [0, 0.05) is 37.5 Å². The number of hydrogen-bond acceptors (Lipinski definition) is 10. The minimum atomic E-state index is -1.37. The summed E-state index contributed by atoms with van der Waals surface area (Å²) in [6.07, 6.45) is 4.90. The van der Waals surface area contributed by atoms with E-state index in [9.17, 15) is 24.3 Å². The smallest absolute Gasteiger partial charge is 0.338 e. The summed E-state index contributed by atoms with van der Waals surface area (Å²) >= 11 is 0. The molecule has 13 atom stereocenters. The summed E-state index contributed by atoms with van der Waals surface area (Å²) in [5, 5.41) is 11.1. The number of hydrogen-bond donors (Lipinski definition) is 1. The SMILES string of the molecule is CC(=O)OC1OC(C(OC(C)=O)C(C)(C)O)CC1C1CCC23CC12CCC1C2(C)CCC(OC(=O)c4ccccc4)C(C)(C)C2CC(OC(C)=O)C13C. The molecule has 13 unspecified atom stereocenters. The van der Waals surface area contributed by atoms with Gasteiger partial charge in [0.25, 0.3) is 0 Å². The van der Waals surface area contributed by atoms with Crippen LogP contribution < -0.4 is 0 Å². The molecule has 5 aliphatic carbocycles. The first kappa shape index (κ1) is 38.3. The van der Waals surface area contributed by atoms with Crippen LogP contribution in [0.2, 0.25) is 0 Å². The van der Waals surface area contributed by atoms with Gasteiger partial charge in [0.15, 0.2) is 6.10 Å². The first-order chi connectivity index (χ1) is 24.7. The number of esters is 4. The van der Waals surface area contributed by atoms with Gasteiger partial charge in [-0.05, 0) is 118 Å². The van der Waals surface area contributed by atoms with Gasteiger partial charge in [0.2, 0.25) is 6.29 Å². The summed E-state index contributed by atoms with van der Waals surface area (Å²) in [5.74, 6) is -1.01. The fourth-order valence-corrected chi connectivity index (χ4v) is 14.0. The highest BCUT2D eigenvalue weighted by Gasteiger charge is 2.86. The van der Waals surface area contributed by atoms with Crippen LogP contribution in [0.15, 0.2) is 30.3 Å². The molecular formula is C43H60O10. The number of benzene rings is 1. The molecule has 0 amide bonds. The lowest BCUT2D eigenvalue weighted by molar-refractivity contribution is -0.249. The molecule has 1 aliphatic heterocycles. The van der Waals surface area contributed by atoms with Crippen molar-refractivity contribution in [3.63, 3.8) is 0 Å². The van der Waals surface area contributed by atoms with Crippen molar-refractivity contribution in [3.8, 4) is 0 Å². The number of rotatable bonds is 8. The Hall–Kier alpha value is -2.98. The molecule has 1 heterocycles. The second kappa shape index (κ2) is 12.8. The third kappa shape index (κ3) is 5.77. The third-order valence-corrected chi connectivity index (χ3v) is 15.9. The Kier molecular flexibility index (Phi) is 9.24. The van der Waals surface area contributed by atoms with Gasteiger partial charge in [-0.25, -0.2) is 4.79 Å². The van der Waals surface area contributed by atoms with Crippen LogP contribution in [-0.4, -0.2) is 65.3 Å². The molecule has 6 aliphatic rings. The maximum atomic E-state index is 13.3. The first-order valence-electron chi connectivity index (χ1n) is 19.9. The van der Waals surface area contributed by atoms with E-state index < -0.39 is 36.0 Å². The molecule has 5 saturated carbocycles. The van der Waals surface area contributed by atoms with Crippen LogP contribution in [0.5, 0.6) is 0 Å². The van der Waals surface area contributed by atoms with Crippen molar-refractivity contribution in [1.82, 2.24) is 0 Å². The number of carbonyl (C=O) groups is 4. The fourth-order valence-electron chi connectivity index (χ4n) is 14.0. The largest absolute Gasteiger partial charge is 0.462 e. The maximum absolute atomic E-state index is 13.3. The lowest BCUT2D eigenvalue weighted by Crippen LogP contribution is -2.67. The highest BCUT2D eigenvalue weighted by atomic mass is 16.7. The van der Waals surface area contributed by atoms with Crippen molar-refractivity contribution in [2.24, 2.45) is 50.7 Å². The van der Waals surface area contributed by atoms with E-state index in [0.29, 0.717) is 18.4 Å². The van der Waals surface area contributed by atoms with Crippen LogP contribution >= 0.6 is 0 Å². The summed E-state index contributed by atoms with van der Waals surface area (Å²) in [5.41, 5.74) is -1.61. The summed E-state index contributed by atoms with van der Waals surface area (Å²) < 4.78 is 30.7. The monoisotopic (exact) mass is 736 g/mol. The van der Waals surface area contributed by atoms with Gasteiger partial charge in [-0.3, -0.25) is 14.4 Å². The van der Waals surface area contributed by atoms with E-state index in [0.717, 1.165) is 44.9 Å². The van der Waals surface area contributed by atoms with Crippen LogP contribution in [0.25, 0.3) is 0 Å². The summed E-state index contributed by atoms with van der Waals surface area (Å²) in [7, 11) is 0. The molecule has 10 heteroatoms. The molecular weight excluding hydrogens is 676 g/mol. The number of ether oxygens (including phenoxy) is 5. The van der Waals surface area contributed by atoms with E-state index in [1.54, 1.807) is 26.0 Å². The predicted octanol–water partition coefficient (Wildman–Crippen LogP) is 7.19. The van der Waals surface area contributed by atoms with Crippen LogP contribution in [0.4, 0.5) is 0 Å². The molecule has 7 rings (SSSR count). The zero-order chi connectivity index (χ0) is 38.5. The van der Waals surface area contributed by atoms with Crippen LogP contribution in [0.1, 0.15) is 130 Å². The minimum Gasteiger partial charge on any atom is -0.462 e. The van der Waals surface area contributed by atoms with Crippen molar-refractivity contribution < 1.29 is 48.0 Å². The van der Waals surface area contributed by atoms with Gasteiger partial charge in [-0.15, -0.1) is 0 Å². The van der Waals surface area contributed by atoms with Gasteiger partial charge in [-0.1, -0.05) is 45.9 Å². The van der Waals surface area contributed by atoms with Crippen molar-refractivity contribution in [2.75, 3.05) is 0 Å². The van der Waals surface area contributed by atoms with Gasteiger partial charge in [-0.2, -0.15) is 0 Å². The van der Waals surface area contributed by atoms with Crippen LogP contribution in [0, 0.1) is 50.7 Å². The molecule has 0 aromatic heterocycles. The molecule has 292 valence electrons. The second-order valence-corrected chi connectivity index (χ2v) is 19.2. The van der Waals surface area contributed by atoms with Crippen molar-refractivity contribution >= 4 is 23.9 Å². The second-order valence-electron chi connectivity index (χ2n) is 19.2. The molecule has 10 nitrogen and oxygen atoms in total. The lowest BCUT2D eigenvalue weighted by atomic mass is 9.37. The molecule has 53 heavy (non-hydrogen) atoms. The van der Waals surface area contributed by atoms with Gasteiger partial charge in [0.1, 0.15) is 18.3 Å². The summed E-state index contributed by atoms with van der Waals surface area (Å²) in [4.78, 5) is 50.8. The first-order valence-corrected chi connectivity index (χ1v) is 19.9. The van der Waals surface area contributed by atoms with Crippen LogP contribution in [-0.2, 0) is 38.1 Å². The Morgan fingerprint density at radius 3 is 2.11 bits per heavy atom. The number of fused-ring (bicyclic) bond motifs is 3. The number of carbonyl (C=O) groups excluding carboxylic acids is 4. The van der Waals surface area contributed by atoms with Gasteiger partial charge in [0.05, 0.1) is 11.2 Å². The highest BCUT2D eigenvalue weighted by molar-refractivity contribution is 5.89. The zero-order valence-electron chi connectivity index (χ0n) is 33.1. The normalized spacial score (nSPS) is 42.8. The van der Waals surface area contributed by atoms with Crippen molar-refractivity contribution in [1.29, 1.82) is 0 Å². The highest BCUT2D eigenvalue weighted by Crippen LogP contribution is 2.91. The molecule has 1 saturated heterocycles. The van der Waals surface area contributed by atoms with Gasteiger partial charge < -0.3 is 28.8 Å². The molecule has 0 spiro atoms. The Bertz CT molecular complexity index is 1630. The predicted molar refractivity (Wildman–Crippen MR) is 194 cm³/mol. The molecule has 1 aromatic carbocycles. The topological polar surface area (TPSA) is 135 Å².